The molecule has 2 unspecified atom stereocenters. The van der Waals surface area contributed by atoms with Crippen LogP contribution in [-0.4, -0.2) is 42.4 Å². The molecule has 0 bridgehead atoms. The van der Waals surface area contributed by atoms with Crippen molar-refractivity contribution in [1.82, 2.24) is 4.90 Å². The summed E-state index contributed by atoms with van der Waals surface area (Å²) in [6, 6.07) is 0. The molecule has 1 rings (SSSR count). The number of esters is 1. The molecular weight excluding hydrogens is 270 g/mol. The molecule has 0 aromatic carbocycles. The van der Waals surface area contributed by atoms with E-state index in [2.05, 4.69) is 27.8 Å². The van der Waals surface area contributed by atoms with Crippen LogP contribution in [0.4, 0.5) is 0 Å². The zero-order chi connectivity index (χ0) is 12.0. The average molecular weight is 292 g/mol. The fourth-order valence-electron chi connectivity index (χ4n) is 2.24. The average Bonchev–Trinajstić information content (AvgIpc) is 2.53. The van der Waals surface area contributed by atoms with Gasteiger partial charge in [-0.2, -0.15) is 0 Å². The van der Waals surface area contributed by atoms with Crippen molar-refractivity contribution in [2.24, 2.45) is 5.92 Å². The van der Waals surface area contributed by atoms with Crippen LogP contribution in [0, 0.1) is 5.92 Å². The van der Waals surface area contributed by atoms with Crippen LogP contribution >= 0.6 is 15.9 Å². The molecule has 1 fully saturated rings. The summed E-state index contributed by atoms with van der Waals surface area (Å²) in [5.41, 5.74) is 0. The molecule has 3 nitrogen and oxygen atoms in total. The van der Waals surface area contributed by atoms with Crippen molar-refractivity contribution >= 4 is 21.9 Å². The molecule has 1 aliphatic rings. The molecular formula is C12H22BrNO2. The van der Waals surface area contributed by atoms with Crippen molar-refractivity contribution in [3.8, 4) is 0 Å². The Kier molecular flexibility index (Phi) is 6.36. The Labute approximate surface area is 107 Å². The molecule has 0 aromatic rings. The molecule has 0 amide bonds. The second-order valence-corrected chi connectivity index (χ2v) is 5.60. The van der Waals surface area contributed by atoms with Gasteiger partial charge in [-0.15, -0.1) is 0 Å². The van der Waals surface area contributed by atoms with Crippen LogP contribution in [-0.2, 0) is 9.53 Å². The van der Waals surface area contributed by atoms with Gasteiger partial charge in [-0.3, -0.25) is 4.79 Å². The molecule has 0 spiro atoms. The van der Waals surface area contributed by atoms with E-state index < -0.39 is 0 Å². The maximum Gasteiger partial charge on any atom is 0.320 e. The molecule has 1 aliphatic heterocycles. The lowest BCUT2D eigenvalue weighted by Crippen LogP contribution is -2.35. The predicted molar refractivity (Wildman–Crippen MR) is 68.8 cm³/mol. The van der Waals surface area contributed by atoms with E-state index in [1.807, 2.05) is 0 Å². The van der Waals surface area contributed by atoms with Crippen LogP contribution in [0.15, 0.2) is 0 Å². The fourth-order valence-corrected chi connectivity index (χ4v) is 2.84. The van der Waals surface area contributed by atoms with Crippen LogP contribution in [0.1, 0.15) is 32.6 Å². The van der Waals surface area contributed by atoms with Gasteiger partial charge in [0.1, 0.15) is 4.83 Å². The number of carbonyl (C=O) groups is 1. The number of nitrogens with zero attached hydrogens (tertiary/aromatic N) is 1. The van der Waals surface area contributed by atoms with Crippen LogP contribution < -0.4 is 0 Å². The first-order valence-corrected chi connectivity index (χ1v) is 7.03. The molecule has 1 saturated heterocycles. The minimum Gasteiger partial charge on any atom is -0.468 e. The quantitative estimate of drug-likeness (QED) is 0.589. The van der Waals surface area contributed by atoms with Crippen LogP contribution in [0.5, 0.6) is 0 Å². The maximum absolute atomic E-state index is 11.3. The highest BCUT2D eigenvalue weighted by molar-refractivity contribution is 9.10. The van der Waals surface area contributed by atoms with E-state index in [9.17, 15) is 4.79 Å². The van der Waals surface area contributed by atoms with Crippen molar-refractivity contribution in [2.75, 3.05) is 26.7 Å². The van der Waals surface area contributed by atoms with Gasteiger partial charge in [-0.25, -0.2) is 0 Å². The number of hydrogen-bond donors (Lipinski definition) is 0. The summed E-state index contributed by atoms with van der Waals surface area (Å²) in [6.45, 7) is 5.25. The third kappa shape index (κ3) is 4.42. The van der Waals surface area contributed by atoms with E-state index in [1.54, 1.807) is 0 Å². The minimum absolute atomic E-state index is 0.170. The third-order valence-corrected chi connectivity index (χ3v) is 4.06. The van der Waals surface area contributed by atoms with Gasteiger partial charge in [0.25, 0.3) is 0 Å². The fraction of sp³-hybridized carbons (Fsp3) is 0.917. The van der Waals surface area contributed by atoms with E-state index >= 15 is 0 Å². The molecule has 2 atom stereocenters. The van der Waals surface area contributed by atoms with Crippen LogP contribution in [0.3, 0.4) is 0 Å². The number of carbonyl (C=O) groups excluding carboxylic acids is 1. The second-order valence-electron chi connectivity index (χ2n) is 4.50. The van der Waals surface area contributed by atoms with E-state index in [4.69, 9.17) is 4.74 Å². The molecule has 4 heteroatoms. The van der Waals surface area contributed by atoms with Crippen LogP contribution in [0.25, 0.3) is 0 Å². The number of likely N-dealkylation sites (tertiary alicyclic amines) is 1. The highest BCUT2D eigenvalue weighted by atomic mass is 79.9. The molecule has 0 aromatic heterocycles. The lowest BCUT2D eigenvalue weighted by molar-refractivity contribution is -0.140. The van der Waals surface area contributed by atoms with E-state index in [0.29, 0.717) is 0 Å². The lowest BCUT2D eigenvalue weighted by atomic mass is 9.98. The summed E-state index contributed by atoms with van der Waals surface area (Å²) in [6.07, 6.45) is 5.12. The van der Waals surface area contributed by atoms with Crippen molar-refractivity contribution < 1.29 is 9.53 Å². The Balaban J connectivity index is 2.34. The Morgan fingerprint density at radius 3 is 2.88 bits per heavy atom. The Hall–Kier alpha value is -0.0900. The van der Waals surface area contributed by atoms with Crippen molar-refractivity contribution in [3.05, 3.63) is 0 Å². The Bertz CT molecular complexity index is 223. The standard InChI is InChI=1S/C12H22BrNO2/c1-3-10-5-4-7-14(8-6-10)9-11(13)12(15)16-2/h10-11H,3-9H2,1-2H3. The Morgan fingerprint density at radius 1 is 1.50 bits per heavy atom. The highest BCUT2D eigenvalue weighted by Crippen LogP contribution is 2.20. The smallest absolute Gasteiger partial charge is 0.320 e. The molecule has 94 valence electrons. The van der Waals surface area contributed by atoms with Gasteiger partial charge in [0.15, 0.2) is 0 Å². The van der Waals surface area contributed by atoms with Crippen molar-refractivity contribution in [2.45, 2.75) is 37.4 Å². The van der Waals surface area contributed by atoms with E-state index in [-0.39, 0.29) is 10.8 Å². The molecule has 0 N–H and O–H groups in total. The van der Waals surface area contributed by atoms with Gasteiger partial charge in [0.05, 0.1) is 7.11 Å². The number of methoxy groups -OCH3 is 1. The number of alkyl halides is 1. The molecule has 1 heterocycles. The maximum atomic E-state index is 11.3. The molecule has 16 heavy (non-hydrogen) atoms. The molecule has 0 aliphatic carbocycles. The third-order valence-electron chi connectivity index (χ3n) is 3.39. The van der Waals surface area contributed by atoms with Gasteiger partial charge in [0, 0.05) is 6.54 Å². The first-order valence-electron chi connectivity index (χ1n) is 6.11. The van der Waals surface area contributed by atoms with Gasteiger partial charge in [-0.1, -0.05) is 29.3 Å². The summed E-state index contributed by atoms with van der Waals surface area (Å²) in [5.74, 6) is 0.702. The van der Waals surface area contributed by atoms with Gasteiger partial charge in [0.2, 0.25) is 0 Å². The number of hydrogen-bond acceptors (Lipinski definition) is 3. The first kappa shape index (κ1) is 14.0. The molecule has 0 radical (unpaired) electrons. The van der Waals surface area contributed by atoms with Crippen LogP contribution in [0.2, 0.25) is 0 Å². The largest absolute Gasteiger partial charge is 0.468 e. The highest BCUT2D eigenvalue weighted by Gasteiger charge is 2.21. The van der Waals surface area contributed by atoms with Gasteiger partial charge >= 0.3 is 5.97 Å². The van der Waals surface area contributed by atoms with E-state index in [1.165, 1.54) is 32.8 Å². The number of ether oxygens (including phenoxy) is 1. The number of halogens is 1. The van der Waals surface area contributed by atoms with Crippen molar-refractivity contribution in [1.29, 1.82) is 0 Å². The summed E-state index contributed by atoms with van der Waals surface area (Å²) in [5, 5.41) is 0. The summed E-state index contributed by atoms with van der Waals surface area (Å²) >= 11 is 3.38. The minimum atomic E-state index is -0.185. The summed E-state index contributed by atoms with van der Waals surface area (Å²) in [7, 11) is 1.44. The first-order chi connectivity index (χ1) is 7.67. The van der Waals surface area contributed by atoms with Gasteiger partial charge in [-0.05, 0) is 38.3 Å². The molecule has 0 saturated carbocycles. The normalized spacial score (nSPS) is 24.8. The zero-order valence-electron chi connectivity index (χ0n) is 10.2. The van der Waals surface area contributed by atoms with Crippen molar-refractivity contribution in [3.63, 3.8) is 0 Å². The Morgan fingerprint density at radius 2 is 2.25 bits per heavy atom. The summed E-state index contributed by atoms with van der Waals surface area (Å²) < 4.78 is 4.71. The van der Waals surface area contributed by atoms with Gasteiger partial charge < -0.3 is 9.64 Å². The number of rotatable bonds is 4. The second kappa shape index (κ2) is 7.28. The summed E-state index contributed by atoms with van der Waals surface area (Å²) in [4.78, 5) is 13.5. The zero-order valence-corrected chi connectivity index (χ0v) is 11.8. The van der Waals surface area contributed by atoms with E-state index in [0.717, 1.165) is 25.6 Å². The predicted octanol–water partition coefficient (Wildman–Crippen LogP) is 2.44. The topological polar surface area (TPSA) is 29.5 Å². The lowest BCUT2D eigenvalue weighted by Gasteiger charge is -2.21. The SMILES string of the molecule is CCC1CCCN(CC(Br)C(=O)OC)CC1. The monoisotopic (exact) mass is 291 g/mol.